The number of para-hydroxylation sites is 2. The van der Waals surface area contributed by atoms with Crippen LogP contribution in [0.1, 0.15) is 18.3 Å². The van der Waals surface area contributed by atoms with Crippen molar-refractivity contribution in [2.24, 2.45) is 0 Å². The SMILES string of the molecule is CCN(Cc1nc2ccccc2c(=O)[nH]1)C(=O)Cc1c[nH]c2ccccc12. The number of hydrogen-bond donors (Lipinski definition) is 2. The van der Waals surface area contributed by atoms with Crippen LogP contribution >= 0.6 is 0 Å². The zero-order valence-corrected chi connectivity index (χ0v) is 15.0. The van der Waals surface area contributed by atoms with E-state index in [0.717, 1.165) is 16.5 Å². The zero-order chi connectivity index (χ0) is 18.8. The molecule has 4 rings (SSSR count). The third-order valence-corrected chi connectivity index (χ3v) is 4.75. The highest BCUT2D eigenvalue weighted by molar-refractivity contribution is 5.88. The molecule has 0 aliphatic carbocycles. The normalized spacial score (nSPS) is 11.1. The van der Waals surface area contributed by atoms with Gasteiger partial charge in [-0.05, 0) is 30.7 Å². The van der Waals surface area contributed by atoms with Crippen LogP contribution in [-0.2, 0) is 17.8 Å². The van der Waals surface area contributed by atoms with Crippen LogP contribution < -0.4 is 5.56 Å². The minimum absolute atomic E-state index is 0.00180. The van der Waals surface area contributed by atoms with Crippen molar-refractivity contribution in [3.8, 4) is 0 Å². The Morgan fingerprint density at radius 1 is 1.07 bits per heavy atom. The fraction of sp³-hybridized carbons (Fsp3) is 0.190. The molecule has 0 spiro atoms. The molecule has 6 nitrogen and oxygen atoms in total. The average molecular weight is 360 g/mol. The fourth-order valence-corrected chi connectivity index (χ4v) is 3.32. The van der Waals surface area contributed by atoms with Crippen molar-refractivity contribution >= 4 is 27.7 Å². The maximum atomic E-state index is 12.8. The average Bonchev–Trinajstić information content (AvgIpc) is 3.09. The standard InChI is InChI=1S/C21H20N4O2/c1-2-25(13-19-23-18-10-6-4-8-16(18)21(27)24-19)20(26)11-14-12-22-17-9-5-3-7-15(14)17/h3-10,12,22H,2,11,13H2,1H3,(H,23,24,27). The lowest BCUT2D eigenvalue weighted by atomic mass is 10.1. The van der Waals surface area contributed by atoms with Gasteiger partial charge in [0.05, 0.1) is 23.9 Å². The summed E-state index contributed by atoms with van der Waals surface area (Å²) < 4.78 is 0. The van der Waals surface area contributed by atoms with Crippen LogP contribution in [0.25, 0.3) is 21.8 Å². The highest BCUT2D eigenvalue weighted by atomic mass is 16.2. The molecule has 0 aliphatic heterocycles. The molecule has 0 aliphatic rings. The zero-order valence-electron chi connectivity index (χ0n) is 15.0. The fourth-order valence-electron chi connectivity index (χ4n) is 3.32. The molecule has 2 N–H and O–H groups in total. The lowest BCUT2D eigenvalue weighted by Crippen LogP contribution is -2.33. The molecule has 0 saturated heterocycles. The van der Waals surface area contributed by atoms with Gasteiger partial charge in [0.25, 0.3) is 5.56 Å². The summed E-state index contributed by atoms with van der Waals surface area (Å²) in [5.41, 5.74) is 2.44. The molecule has 0 bridgehead atoms. The molecule has 0 unspecified atom stereocenters. The van der Waals surface area contributed by atoms with E-state index >= 15 is 0 Å². The molecule has 2 aromatic carbocycles. The van der Waals surface area contributed by atoms with Crippen molar-refractivity contribution in [3.63, 3.8) is 0 Å². The van der Waals surface area contributed by atoms with E-state index in [9.17, 15) is 9.59 Å². The first-order valence-corrected chi connectivity index (χ1v) is 8.96. The number of amides is 1. The molecule has 2 heterocycles. The van der Waals surface area contributed by atoms with Crippen LogP contribution in [0.4, 0.5) is 0 Å². The number of aromatic amines is 2. The Labute approximate surface area is 155 Å². The largest absolute Gasteiger partial charge is 0.361 e. The monoisotopic (exact) mass is 360 g/mol. The lowest BCUT2D eigenvalue weighted by molar-refractivity contribution is -0.130. The van der Waals surface area contributed by atoms with Crippen molar-refractivity contribution in [2.45, 2.75) is 19.9 Å². The smallest absolute Gasteiger partial charge is 0.258 e. The van der Waals surface area contributed by atoms with Crippen LogP contribution in [-0.4, -0.2) is 32.3 Å². The first-order chi connectivity index (χ1) is 13.2. The number of benzene rings is 2. The van der Waals surface area contributed by atoms with Gasteiger partial charge in [0, 0.05) is 23.6 Å². The third kappa shape index (κ3) is 3.33. The second-order valence-electron chi connectivity index (χ2n) is 6.47. The Kier molecular flexibility index (Phi) is 4.46. The molecule has 4 aromatic rings. The highest BCUT2D eigenvalue weighted by Crippen LogP contribution is 2.19. The Morgan fingerprint density at radius 3 is 2.63 bits per heavy atom. The summed E-state index contributed by atoms with van der Waals surface area (Å²) in [7, 11) is 0. The van der Waals surface area contributed by atoms with E-state index in [1.165, 1.54) is 0 Å². The Morgan fingerprint density at radius 2 is 1.81 bits per heavy atom. The summed E-state index contributed by atoms with van der Waals surface area (Å²) >= 11 is 0. The van der Waals surface area contributed by atoms with E-state index in [-0.39, 0.29) is 18.0 Å². The molecule has 136 valence electrons. The van der Waals surface area contributed by atoms with Gasteiger partial charge < -0.3 is 14.9 Å². The summed E-state index contributed by atoms with van der Waals surface area (Å²) in [6.45, 7) is 2.74. The van der Waals surface area contributed by atoms with E-state index in [1.54, 1.807) is 17.0 Å². The summed E-state index contributed by atoms with van der Waals surface area (Å²) in [4.78, 5) is 37.3. The second-order valence-corrected chi connectivity index (χ2v) is 6.47. The van der Waals surface area contributed by atoms with Crippen LogP contribution in [0, 0.1) is 0 Å². The number of nitrogens with one attached hydrogen (secondary N) is 2. The van der Waals surface area contributed by atoms with Gasteiger partial charge in [-0.3, -0.25) is 9.59 Å². The van der Waals surface area contributed by atoms with Gasteiger partial charge in [-0.25, -0.2) is 4.98 Å². The second kappa shape index (κ2) is 7.07. The molecule has 2 aromatic heterocycles. The number of hydrogen-bond acceptors (Lipinski definition) is 3. The Hall–Kier alpha value is -3.41. The van der Waals surface area contributed by atoms with Gasteiger partial charge >= 0.3 is 0 Å². The molecule has 1 amide bonds. The van der Waals surface area contributed by atoms with Gasteiger partial charge in [0.15, 0.2) is 0 Å². The summed E-state index contributed by atoms with van der Waals surface area (Å²) in [5, 5.41) is 1.61. The summed E-state index contributed by atoms with van der Waals surface area (Å²) in [6, 6.07) is 15.1. The van der Waals surface area contributed by atoms with Crippen molar-refractivity contribution in [1.82, 2.24) is 19.9 Å². The molecule has 6 heteroatoms. The number of likely N-dealkylation sites (N-methyl/N-ethyl adjacent to an activating group) is 1. The number of nitrogens with zero attached hydrogens (tertiary/aromatic N) is 2. The maximum Gasteiger partial charge on any atom is 0.258 e. The first kappa shape index (κ1) is 17.0. The van der Waals surface area contributed by atoms with Crippen LogP contribution in [0.3, 0.4) is 0 Å². The molecule has 0 atom stereocenters. The number of aromatic nitrogens is 3. The molecular weight excluding hydrogens is 340 g/mol. The minimum atomic E-state index is -0.185. The molecule has 0 radical (unpaired) electrons. The number of H-pyrrole nitrogens is 2. The van der Waals surface area contributed by atoms with Crippen molar-refractivity contribution < 1.29 is 4.79 Å². The molecular formula is C21H20N4O2. The quantitative estimate of drug-likeness (QED) is 0.574. The maximum absolute atomic E-state index is 12.8. The minimum Gasteiger partial charge on any atom is -0.361 e. The molecule has 27 heavy (non-hydrogen) atoms. The van der Waals surface area contributed by atoms with E-state index < -0.39 is 0 Å². The van der Waals surface area contributed by atoms with Crippen LogP contribution in [0.15, 0.2) is 59.5 Å². The predicted molar refractivity (Wildman–Crippen MR) is 105 cm³/mol. The van der Waals surface area contributed by atoms with Gasteiger partial charge in [0.1, 0.15) is 5.82 Å². The van der Waals surface area contributed by atoms with Gasteiger partial charge in [-0.1, -0.05) is 30.3 Å². The van der Waals surface area contributed by atoms with Crippen LogP contribution in [0.2, 0.25) is 0 Å². The number of carbonyl (C=O) groups is 1. The van der Waals surface area contributed by atoms with Crippen molar-refractivity contribution in [2.75, 3.05) is 6.54 Å². The molecule has 0 saturated carbocycles. The van der Waals surface area contributed by atoms with Gasteiger partial charge in [-0.2, -0.15) is 0 Å². The summed E-state index contributed by atoms with van der Waals surface area (Å²) in [6.07, 6.45) is 2.18. The topological polar surface area (TPSA) is 81.8 Å². The number of carbonyl (C=O) groups excluding carboxylic acids is 1. The number of rotatable bonds is 5. The Balaban J connectivity index is 1.57. The summed E-state index contributed by atoms with van der Waals surface area (Å²) in [5.74, 6) is 0.492. The van der Waals surface area contributed by atoms with E-state index in [1.807, 2.05) is 49.5 Å². The highest BCUT2D eigenvalue weighted by Gasteiger charge is 2.16. The van der Waals surface area contributed by atoms with Crippen molar-refractivity contribution in [1.29, 1.82) is 0 Å². The van der Waals surface area contributed by atoms with E-state index in [0.29, 0.717) is 29.7 Å². The van der Waals surface area contributed by atoms with Gasteiger partial charge in [-0.15, -0.1) is 0 Å². The van der Waals surface area contributed by atoms with E-state index in [2.05, 4.69) is 15.0 Å². The molecule has 0 fully saturated rings. The van der Waals surface area contributed by atoms with Crippen molar-refractivity contribution in [3.05, 3.63) is 76.5 Å². The van der Waals surface area contributed by atoms with E-state index in [4.69, 9.17) is 0 Å². The third-order valence-electron chi connectivity index (χ3n) is 4.75. The number of fused-ring (bicyclic) bond motifs is 2. The van der Waals surface area contributed by atoms with Gasteiger partial charge in [0.2, 0.25) is 5.91 Å². The Bertz CT molecular complexity index is 1180. The predicted octanol–water partition coefficient (Wildman–Crippen LogP) is 3.00. The lowest BCUT2D eigenvalue weighted by Gasteiger charge is -2.20. The first-order valence-electron chi connectivity index (χ1n) is 8.96. The van der Waals surface area contributed by atoms with Crippen LogP contribution in [0.5, 0.6) is 0 Å².